The summed E-state index contributed by atoms with van der Waals surface area (Å²) in [5.41, 5.74) is 1.07. The highest BCUT2D eigenvalue weighted by Gasteiger charge is 2.23. The van der Waals surface area contributed by atoms with Crippen LogP contribution in [0.15, 0.2) is 47.4 Å². The van der Waals surface area contributed by atoms with Crippen LogP contribution in [0, 0.1) is 18.7 Å². The standard InChI is InChI=1S/C22H27FN2O3S2/c1-15-13-19(11-12-21(15)23)24-22(26)18-9-6-10-20(14-18)30(27,28)25-29-16(2)17-7-4-3-5-8-17/h6,9-14,16-17,25H,3-5,7-8H2,1-2H3,(H,24,26)/t16-/m0/s1. The van der Waals surface area contributed by atoms with Crippen LogP contribution in [0.2, 0.25) is 0 Å². The maximum atomic E-state index is 13.4. The van der Waals surface area contributed by atoms with Crippen molar-refractivity contribution in [3.8, 4) is 0 Å². The first kappa shape index (κ1) is 22.8. The SMILES string of the molecule is Cc1cc(NC(=O)c2cccc(S(=O)(=O)NS[C@@H](C)C3CCCCC3)c2)ccc1F. The van der Waals surface area contributed by atoms with Crippen LogP contribution in [-0.4, -0.2) is 19.6 Å². The third-order valence-electron chi connectivity index (χ3n) is 5.48. The maximum Gasteiger partial charge on any atom is 0.255 e. The molecular weight excluding hydrogens is 423 g/mol. The molecule has 1 amide bonds. The largest absolute Gasteiger partial charge is 0.322 e. The van der Waals surface area contributed by atoms with Crippen molar-refractivity contribution in [3.05, 3.63) is 59.4 Å². The van der Waals surface area contributed by atoms with E-state index in [1.807, 2.05) is 0 Å². The van der Waals surface area contributed by atoms with Gasteiger partial charge in [0.1, 0.15) is 5.82 Å². The molecule has 1 saturated carbocycles. The molecule has 8 heteroatoms. The molecule has 3 rings (SSSR count). The van der Waals surface area contributed by atoms with E-state index in [9.17, 15) is 17.6 Å². The Hall–Kier alpha value is -1.90. The van der Waals surface area contributed by atoms with Gasteiger partial charge in [-0.3, -0.25) is 4.79 Å². The third kappa shape index (κ3) is 5.83. The fraction of sp³-hybridized carbons (Fsp3) is 0.409. The van der Waals surface area contributed by atoms with Gasteiger partial charge in [-0.05, 0) is 67.6 Å². The molecule has 0 bridgehead atoms. The summed E-state index contributed by atoms with van der Waals surface area (Å²) in [5, 5.41) is 2.86. The second kappa shape index (κ2) is 9.94. The zero-order chi connectivity index (χ0) is 21.7. The van der Waals surface area contributed by atoms with E-state index in [1.54, 1.807) is 13.0 Å². The minimum atomic E-state index is -3.75. The number of anilines is 1. The van der Waals surface area contributed by atoms with Crippen LogP contribution in [0.3, 0.4) is 0 Å². The molecule has 0 unspecified atom stereocenters. The van der Waals surface area contributed by atoms with Gasteiger partial charge < -0.3 is 5.32 Å². The summed E-state index contributed by atoms with van der Waals surface area (Å²) < 4.78 is 41.5. The van der Waals surface area contributed by atoms with Gasteiger partial charge in [-0.1, -0.05) is 44.2 Å². The van der Waals surface area contributed by atoms with Crippen molar-refractivity contribution in [3.63, 3.8) is 0 Å². The van der Waals surface area contributed by atoms with Crippen molar-refractivity contribution in [1.29, 1.82) is 0 Å². The van der Waals surface area contributed by atoms with Crippen molar-refractivity contribution in [2.75, 3.05) is 5.32 Å². The smallest absolute Gasteiger partial charge is 0.255 e. The number of carbonyl (C=O) groups is 1. The summed E-state index contributed by atoms with van der Waals surface area (Å²) in [6.45, 7) is 3.66. The first-order valence-corrected chi connectivity index (χ1v) is 12.5. The van der Waals surface area contributed by atoms with Crippen LogP contribution < -0.4 is 9.44 Å². The second-order valence-electron chi connectivity index (χ2n) is 7.75. The predicted molar refractivity (Wildman–Crippen MR) is 119 cm³/mol. The molecule has 1 atom stereocenters. The topological polar surface area (TPSA) is 75.3 Å². The molecule has 0 saturated heterocycles. The predicted octanol–water partition coefficient (Wildman–Crippen LogP) is 5.28. The van der Waals surface area contributed by atoms with E-state index in [0.29, 0.717) is 17.2 Å². The molecule has 162 valence electrons. The van der Waals surface area contributed by atoms with Gasteiger partial charge in [0, 0.05) is 16.5 Å². The Morgan fingerprint density at radius 3 is 2.57 bits per heavy atom. The summed E-state index contributed by atoms with van der Waals surface area (Å²) >= 11 is 1.23. The Balaban J connectivity index is 1.66. The number of hydrogen-bond donors (Lipinski definition) is 2. The van der Waals surface area contributed by atoms with Crippen LogP contribution >= 0.6 is 11.9 Å². The van der Waals surface area contributed by atoms with E-state index in [1.165, 1.54) is 67.6 Å². The van der Waals surface area contributed by atoms with Gasteiger partial charge in [0.2, 0.25) is 10.0 Å². The van der Waals surface area contributed by atoms with Gasteiger partial charge in [0.25, 0.3) is 5.91 Å². The molecule has 2 aromatic rings. The summed E-state index contributed by atoms with van der Waals surface area (Å²) in [6.07, 6.45) is 5.93. The number of carbonyl (C=O) groups excluding carboxylic acids is 1. The zero-order valence-electron chi connectivity index (χ0n) is 17.2. The fourth-order valence-corrected chi connectivity index (χ4v) is 6.12. The average molecular weight is 451 g/mol. The number of amides is 1. The van der Waals surface area contributed by atoms with Gasteiger partial charge in [0.15, 0.2) is 0 Å². The summed E-state index contributed by atoms with van der Waals surface area (Å²) in [5.74, 6) is -0.295. The van der Waals surface area contributed by atoms with E-state index >= 15 is 0 Å². The monoisotopic (exact) mass is 450 g/mol. The molecule has 1 aliphatic rings. The van der Waals surface area contributed by atoms with Gasteiger partial charge in [-0.25, -0.2) is 12.8 Å². The number of nitrogens with one attached hydrogen (secondary N) is 2. The van der Waals surface area contributed by atoms with E-state index in [0.717, 1.165) is 12.8 Å². The van der Waals surface area contributed by atoms with Crippen molar-refractivity contribution in [2.45, 2.75) is 56.1 Å². The minimum Gasteiger partial charge on any atom is -0.322 e. The number of hydrogen-bond acceptors (Lipinski definition) is 4. The van der Waals surface area contributed by atoms with Crippen LogP contribution in [0.5, 0.6) is 0 Å². The number of rotatable bonds is 7. The Bertz CT molecular complexity index is 1010. The average Bonchev–Trinajstić information content (AvgIpc) is 2.75. The highest BCUT2D eigenvalue weighted by atomic mass is 32.3. The first-order chi connectivity index (χ1) is 14.3. The van der Waals surface area contributed by atoms with Crippen molar-refractivity contribution in [2.24, 2.45) is 5.92 Å². The third-order valence-corrected chi connectivity index (χ3v) is 8.37. The molecule has 0 aliphatic heterocycles. The molecular formula is C22H27FN2O3S2. The highest BCUT2D eigenvalue weighted by Crippen LogP contribution is 2.32. The van der Waals surface area contributed by atoms with Gasteiger partial charge in [0.05, 0.1) is 4.90 Å². The molecule has 0 aromatic heterocycles. The van der Waals surface area contributed by atoms with Crippen molar-refractivity contribution in [1.82, 2.24) is 4.13 Å². The quantitative estimate of drug-likeness (QED) is 0.563. The normalized spacial score (nSPS) is 16.2. The minimum absolute atomic E-state index is 0.0359. The maximum absolute atomic E-state index is 13.4. The molecule has 0 heterocycles. The number of halogens is 1. The molecule has 1 aliphatic carbocycles. The van der Waals surface area contributed by atoms with E-state index in [-0.39, 0.29) is 21.5 Å². The summed E-state index contributed by atoms with van der Waals surface area (Å²) in [6, 6.07) is 10.2. The first-order valence-electron chi connectivity index (χ1n) is 10.1. The Morgan fingerprint density at radius 2 is 1.87 bits per heavy atom. The van der Waals surface area contributed by atoms with Crippen LogP contribution in [-0.2, 0) is 10.0 Å². The Morgan fingerprint density at radius 1 is 1.13 bits per heavy atom. The van der Waals surface area contributed by atoms with E-state index in [2.05, 4.69) is 16.4 Å². The van der Waals surface area contributed by atoms with E-state index in [4.69, 9.17) is 0 Å². The molecule has 2 N–H and O–H groups in total. The lowest BCUT2D eigenvalue weighted by Gasteiger charge is -2.26. The highest BCUT2D eigenvalue weighted by molar-refractivity contribution is 8.09. The summed E-state index contributed by atoms with van der Waals surface area (Å²) in [4.78, 5) is 12.6. The number of aryl methyl sites for hydroxylation is 1. The van der Waals surface area contributed by atoms with Crippen LogP contribution in [0.1, 0.15) is 54.9 Å². The van der Waals surface area contributed by atoms with Gasteiger partial charge in [-0.15, -0.1) is 0 Å². The fourth-order valence-electron chi connectivity index (χ4n) is 3.62. The molecule has 0 spiro atoms. The zero-order valence-corrected chi connectivity index (χ0v) is 18.8. The van der Waals surface area contributed by atoms with Crippen LogP contribution in [0.4, 0.5) is 10.1 Å². The van der Waals surface area contributed by atoms with Gasteiger partial charge >= 0.3 is 0 Å². The lowest BCUT2D eigenvalue weighted by Crippen LogP contribution is -2.25. The summed E-state index contributed by atoms with van der Waals surface area (Å²) in [7, 11) is -3.75. The number of sulfonamides is 1. The number of benzene rings is 2. The van der Waals surface area contributed by atoms with E-state index < -0.39 is 15.9 Å². The van der Waals surface area contributed by atoms with Crippen molar-refractivity contribution >= 4 is 33.6 Å². The molecule has 2 aromatic carbocycles. The lowest BCUT2D eigenvalue weighted by atomic mass is 9.87. The molecule has 5 nitrogen and oxygen atoms in total. The molecule has 30 heavy (non-hydrogen) atoms. The Kier molecular flexibility index (Phi) is 7.55. The molecule has 0 radical (unpaired) electrons. The lowest BCUT2D eigenvalue weighted by molar-refractivity contribution is 0.102. The van der Waals surface area contributed by atoms with Crippen LogP contribution in [0.25, 0.3) is 0 Å². The van der Waals surface area contributed by atoms with Crippen molar-refractivity contribution < 1.29 is 17.6 Å². The molecule has 1 fully saturated rings. The second-order valence-corrected chi connectivity index (χ2v) is 10.9. The Labute approximate surface area is 182 Å². The van der Waals surface area contributed by atoms with Gasteiger partial charge in [-0.2, -0.15) is 4.13 Å².